The van der Waals surface area contributed by atoms with Gasteiger partial charge in [0.1, 0.15) is 0 Å². The maximum atomic E-state index is 12.4. The monoisotopic (exact) mass is 319 g/mol. The van der Waals surface area contributed by atoms with Gasteiger partial charge in [-0.15, -0.1) is 0 Å². The van der Waals surface area contributed by atoms with Crippen LogP contribution in [0.1, 0.15) is 12.0 Å². The van der Waals surface area contributed by atoms with Gasteiger partial charge in [0, 0.05) is 13.1 Å². The lowest BCUT2D eigenvalue weighted by Crippen LogP contribution is -2.30. The molecule has 112 valence electrons. The Bertz CT molecular complexity index is 679. The molecular formula is C12H17NO5S2. The molecule has 6 nitrogen and oxygen atoms in total. The van der Waals surface area contributed by atoms with Gasteiger partial charge in [0.15, 0.2) is 0 Å². The molecule has 0 spiro atoms. The fourth-order valence-corrected chi connectivity index (χ4v) is 4.24. The van der Waals surface area contributed by atoms with Crippen molar-refractivity contribution in [2.45, 2.75) is 24.3 Å². The lowest BCUT2D eigenvalue weighted by Gasteiger charge is -2.16. The molecule has 1 aromatic carbocycles. The predicted molar refractivity (Wildman–Crippen MR) is 74.3 cm³/mol. The van der Waals surface area contributed by atoms with E-state index in [0.29, 0.717) is 6.42 Å². The van der Waals surface area contributed by atoms with Crippen LogP contribution >= 0.6 is 0 Å². The predicted octanol–water partition coefficient (Wildman–Crippen LogP) is 0.734. The largest absolute Gasteiger partial charge is 0.266 e. The Morgan fingerprint density at radius 3 is 2.30 bits per heavy atom. The van der Waals surface area contributed by atoms with Crippen molar-refractivity contribution in [3.63, 3.8) is 0 Å². The van der Waals surface area contributed by atoms with Crippen LogP contribution in [0.2, 0.25) is 0 Å². The second-order valence-electron chi connectivity index (χ2n) is 4.89. The lowest BCUT2D eigenvalue weighted by atomic mass is 10.2. The average Bonchev–Trinajstić information content (AvgIpc) is 2.76. The molecular weight excluding hydrogens is 302 g/mol. The molecule has 1 aromatic rings. The Morgan fingerprint density at radius 1 is 1.15 bits per heavy atom. The third-order valence-corrected chi connectivity index (χ3v) is 5.58. The van der Waals surface area contributed by atoms with E-state index in [9.17, 15) is 16.8 Å². The van der Waals surface area contributed by atoms with Gasteiger partial charge < -0.3 is 0 Å². The Morgan fingerprint density at radius 2 is 1.75 bits per heavy atom. The van der Waals surface area contributed by atoms with Gasteiger partial charge in [0.05, 0.1) is 17.3 Å². The summed E-state index contributed by atoms with van der Waals surface area (Å²) in [5.74, 6) is 0. The lowest BCUT2D eigenvalue weighted by molar-refractivity contribution is 0.225. The second kappa shape index (κ2) is 5.44. The van der Waals surface area contributed by atoms with Gasteiger partial charge in [0.25, 0.3) is 10.1 Å². The van der Waals surface area contributed by atoms with Crippen molar-refractivity contribution >= 4 is 20.1 Å². The van der Waals surface area contributed by atoms with Crippen LogP contribution in [-0.2, 0) is 24.3 Å². The van der Waals surface area contributed by atoms with Crippen LogP contribution < -0.4 is 0 Å². The van der Waals surface area contributed by atoms with Crippen molar-refractivity contribution in [2.24, 2.45) is 0 Å². The molecule has 0 unspecified atom stereocenters. The van der Waals surface area contributed by atoms with E-state index in [1.807, 2.05) is 6.92 Å². The minimum atomic E-state index is -3.59. The first-order valence-corrected chi connectivity index (χ1v) is 9.39. The smallest absolute Gasteiger partial charge is 0.264 e. The van der Waals surface area contributed by atoms with E-state index in [4.69, 9.17) is 4.18 Å². The first-order valence-electron chi connectivity index (χ1n) is 6.13. The Labute approximate surface area is 119 Å². The van der Waals surface area contributed by atoms with Crippen molar-refractivity contribution in [1.82, 2.24) is 4.31 Å². The summed E-state index contributed by atoms with van der Waals surface area (Å²) in [5.41, 5.74) is 0.976. The highest BCUT2D eigenvalue weighted by Crippen LogP contribution is 2.23. The zero-order chi connectivity index (χ0) is 15.0. The topological polar surface area (TPSA) is 80.8 Å². The van der Waals surface area contributed by atoms with E-state index in [0.717, 1.165) is 11.8 Å². The summed E-state index contributed by atoms with van der Waals surface area (Å²) in [6.45, 7) is 2.20. The van der Waals surface area contributed by atoms with Crippen LogP contribution in [0.5, 0.6) is 0 Å². The van der Waals surface area contributed by atoms with E-state index in [-0.39, 0.29) is 18.0 Å². The molecule has 0 N–H and O–H groups in total. The summed E-state index contributed by atoms with van der Waals surface area (Å²) < 4.78 is 53.0. The maximum absolute atomic E-state index is 12.4. The normalized spacial score (nSPS) is 21.2. The third kappa shape index (κ3) is 3.57. The molecule has 1 fully saturated rings. The maximum Gasteiger partial charge on any atom is 0.264 e. The van der Waals surface area contributed by atoms with Crippen molar-refractivity contribution in [2.75, 3.05) is 19.3 Å². The number of sulfonamides is 1. The van der Waals surface area contributed by atoms with Crippen molar-refractivity contribution < 1.29 is 21.0 Å². The first kappa shape index (κ1) is 15.4. The van der Waals surface area contributed by atoms with Crippen molar-refractivity contribution in [1.29, 1.82) is 0 Å². The average molecular weight is 319 g/mol. The fourth-order valence-electron chi connectivity index (χ4n) is 2.10. The zero-order valence-corrected chi connectivity index (χ0v) is 12.9. The molecule has 0 radical (unpaired) electrons. The molecule has 1 saturated heterocycles. The van der Waals surface area contributed by atoms with E-state index in [1.165, 1.54) is 4.31 Å². The van der Waals surface area contributed by atoms with Gasteiger partial charge in [-0.1, -0.05) is 17.7 Å². The van der Waals surface area contributed by atoms with Gasteiger partial charge in [-0.2, -0.15) is 12.7 Å². The van der Waals surface area contributed by atoms with Gasteiger partial charge in [0.2, 0.25) is 10.0 Å². The second-order valence-corrected chi connectivity index (χ2v) is 8.43. The first-order chi connectivity index (χ1) is 9.18. The van der Waals surface area contributed by atoms with Crippen LogP contribution in [0, 0.1) is 6.92 Å². The summed E-state index contributed by atoms with van der Waals surface area (Å²) >= 11 is 0. The summed E-state index contributed by atoms with van der Waals surface area (Å²) in [5, 5.41) is 0. The number of rotatable bonds is 4. The number of nitrogens with zero attached hydrogens (tertiary/aromatic N) is 1. The van der Waals surface area contributed by atoms with Crippen LogP contribution in [0.25, 0.3) is 0 Å². The molecule has 1 atom stereocenters. The van der Waals surface area contributed by atoms with Crippen LogP contribution in [-0.4, -0.2) is 46.6 Å². The number of hydrogen-bond acceptors (Lipinski definition) is 5. The van der Waals surface area contributed by atoms with E-state index >= 15 is 0 Å². The summed E-state index contributed by atoms with van der Waals surface area (Å²) in [6, 6.07) is 6.56. The fraction of sp³-hybridized carbons (Fsp3) is 0.500. The number of hydrogen-bond donors (Lipinski definition) is 0. The Kier molecular flexibility index (Phi) is 4.19. The highest BCUT2D eigenvalue weighted by molar-refractivity contribution is 7.89. The molecule has 0 saturated carbocycles. The quantitative estimate of drug-likeness (QED) is 0.765. The summed E-state index contributed by atoms with van der Waals surface area (Å²) in [6.07, 6.45) is 0.729. The molecule has 2 rings (SSSR count). The van der Waals surface area contributed by atoms with E-state index < -0.39 is 26.2 Å². The molecule has 8 heteroatoms. The van der Waals surface area contributed by atoms with Gasteiger partial charge in [-0.3, -0.25) is 4.18 Å². The SMILES string of the molecule is Cc1ccc(S(=O)(=O)N2CC[C@H](OS(C)(=O)=O)C2)cc1. The summed E-state index contributed by atoms with van der Waals surface area (Å²) in [7, 11) is -7.15. The summed E-state index contributed by atoms with van der Waals surface area (Å²) in [4.78, 5) is 0.211. The van der Waals surface area contributed by atoms with E-state index in [1.54, 1.807) is 24.3 Å². The van der Waals surface area contributed by atoms with Crippen molar-refractivity contribution in [3.8, 4) is 0 Å². The van der Waals surface area contributed by atoms with Gasteiger partial charge in [-0.05, 0) is 25.5 Å². The molecule has 0 aliphatic carbocycles. The Balaban J connectivity index is 2.14. The van der Waals surface area contributed by atoms with Crippen LogP contribution in [0.4, 0.5) is 0 Å². The highest BCUT2D eigenvalue weighted by atomic mass is 32.2. The molecule has 1 aliphatic rings. The number of benzene rings is 1. The highest BCUT2D eigenvalue weighted by Gasteiger charge is 2.34. The minimum absolute atomic E-state index is 0.0588. The standard InChI is InChI=1S/C12H17NO5S2/c1-10-3-5-12(6-4-10)20(16,17)13-8-7-11(9-13)18-19(2,14)15/h3-6,11H,7-9H2,1-2H3/t11-/m0/s1. The number of aryl methyl sites for hydroxylation is 1. The third-order valence-electron chi connectivity index (χ3n) is 3.08. The van der Waals surface area contributed by atoms with Crippen LogP contribution in [0.3, 0.4) is 0 Å². The van der Waals surface area contributed by atoms with Gasteiger partial charge in [-0.25, -0.2) is 8.42 Å². The van der Waals surface area contributed by atoms with Crippen LogP contribution in [0.15, 0.2) is 29.2 Å². The molecule has 0 amide bonds. The van der Waals surface area contributed by atoms with Gasteiger partial charge >= 0.3 is 0 Å². The Hall–Kier alpha value is -0.960. The van der Waals surface area contributed by atoms with Crippen molar-refractivity contribution in [3.05, 3.63) is 29.8 Å². The van der Waals surface area contributed by atoms with E-state index in [2.05, 4.69) is 0 Å². The molecule has 0 aromatic heterocycles. The molecule has 0 bridgehead atoms. The molecule has 1 aliphatic heterocycles. The molecule has 20 heavy (non-hydrogen) atoms. The zero-order valence-electron chi connectivity index (χ0n) is 11.3. The molecule has 1 heterocycles. The minimum Gasteiger partial charge on any atom is -0.266 e.